The molecule has 1 N–H and O–H groups in total. The van der Waals surface area contributed by atoms with Gasteiger partial charge in [-0.05, 0) is 35.9 Å². The maximum absolute atomic E-state index is 12.0. The van der Waals surface area contributed by atoms with Crippen LogP contribution in [0.1, 0.15) is 11.3 Å². The molecule has 0 saturated heterocycles. The summed E-state index contributed by atoms with van der Waals surface area (Å²) in [5, 5.41) is 14.4. The number of methoxy groups -OCH3 is 1. The number of nitrogens with zero attached hydrogens (tertiary/aromatic N) is 2. The molecule has 0 saturated carbocycles. The molecule has 0 aliphatic carbocycles. The smallest absolute Gasteiger partial charge is 0.331 e. The summed E-state index contributed by atoms with van der Waals surface area (Å²) >= 11 is 1.44. The van der Waals surface area contributed by atoms with E-state index in [1.165, 1.54) is 24.5 Å². The Labute approximate surface area is 178 Å². The van der Waals surface area contributed by atoms with E-state index >= 15 is 0 Å². The standard InChI is InChI=1S/C22H19N3O4S/c1-27-20-13-16(7-9-19(20)28-12-11-23)8-10-21(26)29-14-18-15-30-22(25-18)24-17-5-3-2-4-6-17/h2-10,13,15H,12,14H2,1H3,(H,24,25)/b10-8+. The Balaban J connectivity index is 1.52. The SMILES string of the molecule is COc1cc(/C=C/C(=O)OCc2csc(Nc3ccccc3)n2)ccc1OCC#N. The lowest BCUT2D eigenvalue weighted by molar-refractivity contribution is -0.139. The van der Waals surface area contributed by atoms with Gasteiger partial charge in [-0.25, -0.2) is 9.78 Å². The molecule has 3 rings (SSSR count). The number of hydrogen-bond donors (Lipinski definition) is 1. The van der Waals surface area contributed by atoms with Crippen molar-refractivity contribution in [2.45, 2.75) is 6.61 Å². The first-order valence-corrected chi connectivity index (χ1v) is 9.85. The van der Waals surface area contributed by atoms with Crippen molar-refractivity contribution >= 4 is 34.2 Å². The molecule has 152 valence electrons. The molecule has 1 heterocycles. The fourth-order valence-electron chi connectivity index (χ4n) is 2.45. The zero-order valence-corrected chi connectivity index (χ0v) is 17.0. The van der Waals surface area contributed by atoms with E-state index in [-0.39, 0.29) is 13.2 Å². The molecule has 0 atom stereocenters. The number of nitriles is 1. The van der Waals surface area contributed by atoms with Gasteiger partial charge in [0.1, 0.15) is 12.7 Å². The van der Waals surface area contributed by atoms with Gasteiger partial charge in [-0.1, -0.05) is 24.3 Å². The van der Waals surface area contributed by atoms with Crippen molar-refractivity contribution in [2.75, 3.05) is 19.0 Å². The minimum Gasteiger partial charge on any atom is -0.493 e. The van der Waals surface area contributed by atoms with Crippen molar-refractivity contribution in [3.05, 3.63) is 71.2 Å². The molecule has 0 spiro atoms. The molecular weight excluding hydrogens is 402 g/mol. The average molecular weight is 421 g/mol. The Morgan fingerprint density at radius 3 is 2.83 bits per heavy atom. The number of para-hydroxylation sites is 1. The number of aromatic nitrogens is 1. The third kappa shape index (κ3) is 6.09. The van der Waals surface area contributed by atoms with Crippen molar-refractivity contribution in [2.24, 2.45) is 0 Å². The van der Waals surface area contributed by atoms with Crippen LogP contribution < -0.4 is 14.8 Å². The van der Waals surface area contributed by atoms with E-state index in [1.807, 2.05) is 41.8 Å². The van der Waals surface area contributed by atoms with E-state index in [9.17, 15) is 4.79 Å². The molecule has 0 radical (unpaired) electrons. The number of nitrogens with one attached hydrogen (secondary N) is 1. The lowest BCUT2D eigenvalue weighted by atomic mass is 10.2. The molecule has 0 aliphatic heterocycles. The molecule has 0 aliphatic rings. The zero-order chi connectivity index (χ0) is 21.2. The number of anilines is 2. The lowest BCUT2D eigenvalue weighted by Crippen LogP contribution is -2.01. The molecule has 30 heavy (non-hydrogen) atoms. The third-order valence-electron chi connectivity index (χ3n) is 3.83. The monoisotopic (exact) mass is 421 g/mol. The van der Waals surface area contributed by atoms with E-state index in [2.05, 4.69) is 10.3 Å². The van der Waals surface area contributed by atoms with Crippen LogP contribution in [0.2, 0.25) is 0 Å². The quantitative estimate of drug-likeness (QED) is 0.400. The largest absolute Gasteiger partial charge is 0.493 e. The predicted molar refractivity (Wildman–Crippen MR) is 115 cm³/mol. The van der Waals surface area contributed by atoms with Crippen LogP contribution in [0.15, 0.2) is 60.0 Å². The molecule has 2 aromatic carbocycles. The van der Waals surface area contributed by atoms with Crippen LogP contribution in [0.25, 0.3) is 6.08 Å². The Morgan fingerprint density at radius 1 is 1.23 bits per heavy atom. The van der Waals surface area contributed by atoms with Gasteiger partial charge in [0.2, 0.25) is 0 Å². The maximum Gasteiger partial charge on any atom is 0.331 e. The maximum atomic E-state index is 12.0. The number of rotatable bonds is 9. The Hall–Kier alpha value is -3.83. The summed E-state index contributed by atoms with van der Waals surface area (Å²) in [6.45, 7) is 0.0114. The number of benzene rings is 2. The van der Waals surface area contributed by atoms with Crippen molar-refractivity contribution < 1.29 is 19.0 Å². The summed E-state index contributed by atoms with van der Waals surface area (Å²) in [6.07, 6.45) is 2.95. The highest BCUT2D eigenvalue weighted by Crippen LogP contribution is 2.28. The second-order valence-electron chi connectivity index (χ2n) is 5.93. The van der Waals surface area contributed by atoms with Gasteiger partial charge in [0.15, 0.2) is 23.2 Å². The van der Waals surface area contributed by atoms with Crippen molar-refractivity contribution in [3.63, 3.8) is 0 Å². The van der Waals surface area contributed by atoms with Crippen molar-refractivity contribution in [1.82, 2.24) is 4.98 Å². The summed E-state index contributed by atoms with van der Waals surface area (Å²) in [7, 11) is 1.51. The summed E-state index contributed by atoms with van der Waals surface area (Å²) < 4.78 is 15.8. The average Bonchev–Trinajstić information content (AvgIpc) is 3.23. The highest BCUT2D eigenvalue weighted by atomic mass is 32.1. The van der Waals surface area contributed by atoms with Crippen molar-refractivity contribution in [3.8, 4) is 17.6 Å². The van der Waals surface area contributed by atoms with Gasteiger partial charge in [0.25, 0.3) is 0 Å². The summed E-state index contributed by atoms with van der Waals surface area (Å²) in [6, 6.07) is 16.8. The van der Waals surface area contributed by atoms with E-state index in [0.717, 1.165) is 16.4 Å². The summed E-state index contributed by atoms with van der Waals surface area (Å²) in [5.41, 5.74) is 2.34. The van der Waals surface area contributed by atoms with Gasteiger partial charge in [-0.3, -0.25) is 0 Å². The van der Waals surface area contributed by atoms with E-state index in [4.69, 9.17) is 19.5 Å². The number of carbonyl (C=O) groups is 1. The Bertz CT molecular complexity index is 1060. The molecule has 0 bridgehead atoms. The highest BCUT2D eigenvalue weighted by Gasteiger charge is 2.07. The molecule has 0 amide bonds. The molecule has 8 heteroatoms. The highest BCUT2D eigenvalue weighted by molar-refractivity contribution is 7.13. The van der Waals surface area contributed by atoms with Crippen molar-refractivity contribution in [1.29, 1.82) is 5.26 Å². The van der Waals surface area contributed by atoms with E-state index in [1.54, 1.807) is 24.3 Å². The molecular formula is C22H19N3O4S. The van der Waals surface area contributed by atoms with E-state index < -0.39 is 5.97 Å². The van der Waals surface area contributed by atoms with Gasteiger partial charge in [-0.15, -0.1) is 11.3 Å². The molecule has 7 nitrogen and oxygen atoms in total. The number of thiazole rings is 1. The number of hydrogen-bond acceptors (Lipinski definition) is 8. The van der Waals surface area contributed by atoms with Crippen LogP contribution in [0.5, 0.6) is 11.5 Å². The summed E-state index contributed by atoms with van der Waals surface area (Å²) in [5.74, 6) is 0.452. The molecule has 1 aromatic heterocycles. The molecule has 0 unspecified atom stereocenters. The van der Waals surface area contributed by atoms with Crippen LogP contribution in [0.3, 0.4) is 0 Å². The van der Waals surface area contributed by atoms with Crippen LogP contribution in [-0.4, -0.2) is 24.7 Å². The number of ether oxygens (including phenoxy) is 3. The van der Waals surface area contributed by atoms with Gasteiger partial charge < -0.3 is 19.5 Å². The van der Waals surface area contributed by atoms with Crippen LogP contribution in [-0.2, 0) is 16.1 Å². The topological polar surface area (TPSA) is 93.5 Å². The normalized spacial score (nSPS) is 10.4. The third-order valence-corrected chi connectivity index (χ3v) is 4.64. The first-order chi connectivity index (χ1) is 14.7. The molecule has 0 fully saturated rings. The fraction of sp³-hybridized carbons (Fsp3) is 0.136. The lowest BCUT2D eigenvalue weighted by Gasteiger charge is -2.08. The zero-order valence-electron chi connectivity index (χ0n) is 16.2. The second-order valence-corrected chi connectivity index (χ2v) is 6.79. The number of carbonyl (C=O) groups excluding carboxylic acids is 1. The fourth-order valence-corrected chi connectivity index (χ4v) is 3.17. The predicted octanol–water partition coefficient (Wildman–Crippen LogP) is 4.55. The van der Waals surface area contributed by atoms with E-state index in [0.29, 0.717) is 17.2 Å². The number of esters is 1. The first kappa shape index (κ1) is 20.9. The second kappa shape index (κ2) is 10.6. The van der Waals surface area contributed by atoms with Gasteiger partial charge in [0.05, 0.1) is 12.8 Å². The molecule has 3 aromatic rings. The minimum atomic E-state index is -0.482. The van der Waals surface area contributed by atoms with Crippen LogP contribution >= 0.6 is 11.3 Å². The summed E-state index contributed by atoms with van der Waals surface area (Å²) in [4.78, 5) is 16.4. The van der Waals surface area contributed by atoms with Gasteiger partial charge in [-0.2, -0.15) is 5.26 Å². The van der Waals surface area contributed by atoms with Gasteiger partial charge >= 0.3 is 5.97 Å². The van der Waals surface area contributed by atoms with Gasteiger partial charge in [0, 0.05) is 17.1 Å². The Morgan fingerprint density at radius 2 is 2.07 bits per heavy atom. The Kier molecular flexibility index (Phi) is 7.41. The minimum absolute atomic E-state index is 0.0723. The first-order valence-electron chi connectivity index (χ1n) is 8.97. The van der Waals surface area contributed by atoms with Crippen LogP contribution in [0, 0.1) is 11.3 Å². The van der Waals surface area contributed by atoms with Crippen LogP contribution in [0.4, 0.5) is 10.8 Å².